The summed E-state index contributed by atoms with van der Waals surface area (Å²) in [5.41, 5.74) is -1.36. The zero-order valence-electron chi connectivity index (χ0n) is 24.9. The fraction of sp³-hybridized carbons (Fsp3) is 0.964. The summed E-state index contributed by atoms with van der Waals surface area (Å²) in [7, 11) is -1.53. The molecule has 0 fully saturated rings. The molecule has 0 radical (unpaired) electrons. The molecular formula is C28H56O6S. The van der Waals surface area contributed by atoms with Gasteiger partial charge in [-0.15, -0.1) is 0 Å². The molecule has 0 heterocycles. The number of hydrogen-bond acceptors (Lipinski definition) is 6. The Hall–Kier alpha value is -0.500. The molecule has 6 nitrogen and oxygen atoms in total. The highest BCUT2D eigenvalue weighted by Gasteiger charge is 2.55. The van der Waals surface area contributed by atoms with Crippen molar-refractivity contribution in [2.45, 2.75) is 115 Å². The van der Waals surface area contributed by atoms with Gasteiger partial charge in [0.05, 0.1) is 35.7 Å². The van der Waals surface area contributed by atoms with Gasteiger partial charge in [0, 0.05) is 10.8 Å². The Morgan fingerprint density at radius 3 is 1.60 bits per heavy atom. The molecule has 4 unspecified atom stereocenters. The normalized spacial score (nSPS) is 18.5. The van der Waals surface area contributed by atoms with Crippen LogP contribution in [0.15, 0.2) is 0 Å². The summed E-state index contributed by atoms with van der Waals surface area (Å²) >= 11 is 0. The van der Waals surface area contributed by atoms with Crippen LogP contribution in [0.4, 0.5) is 0 Å². The number of carbonyl (C=O) groups is 1. The molecular weight excluding hydrogens is 464 g/mol. The molecule has 0 spiro atoms. The molecule has 0 aliphatic rings. The summed E-state index contributed by atoms with van der Waals surface area (Å²) in [4.78, 5) is 13.5. The van der Waals surface area contributed by atoms with E-state index in [0.717, 1.165) is 6.42 Å². The lowest BCUT2D eigenvalue weighted by atomic mass is 9.47. The number of rotatable bonds is 13. The molecule has 0 aliphatic carbocycles. The van der Waals surface area contributed by atoms with Crippen molar-refractivity contribution in [1.82, 2.24) is 0 Å². The number of aliphatic hydroxyl groups excluding tert-OH is 3. The smallest absolute Gasteiger partial charge is 0.312 e. The number of aliphatic hydroxyl groups is 3. The summed E-state index contributed by atoms with van der Waals surface area (Å²) in [6.45, 7) is 27.8. The molecule has 4 atom stereocenters. The maximum absolute atomic E-state index is 13.5. The van der Waals surface area contributed by atoms with Gasteiger partial charge in [-0.2, -0.15) is 0 Å². The van der Waals surface area contributed by atoms with Crippen LogP contribution in [-0.2, 0) is 20.3 Å². The van der Waals surface area contributed by atoms with Gasteiger partial charge < -0.3 is 20.1 Å². The second-order valence-electron chi connectivity index (χ2n) is 14.8. The van der Waals surface area contributed by atoms with Gasteiger partial charge in [0.2, 0.25) is 0 Å². The van der Waals surface area contributed by atoms with E-state index in [4.69, 9.17) is 9.84 Å². The highest BCUT2D eigenvalue weighted by atomic mass is 32.2. The molecule has 0 amide bonds. The minimum absolute atomic E-state index is 0.0108. The fourth-order valence-electron chi connectivity index (χ4n) is 5.14. The van der Waals surface area contributed by atoms with Crippen molar-refractivity contribution < 1.29 is 29.1 Å². The molecule has 0 aliphatic heterocycles. The lowest BCUT2D eigenvalue weighted by Crippen LogP contribution is -2.52. The lowest BCUT2D eigenvalue weighted by molar-refractivity contribution is -0.172. The summed E-state index contributed by atoms with van der Waals surface area (Å²) in [6.07, 6.45) is -0.553. The van der Waals surface area contributed by atoms with Gasteiger partial charge in [0.25, 0.3) is 0 Å². The number of esters is 1. The van der Waals surface area contributed by atoms with E-state index in [0.29, 0.717) is 6.42 Å². The van der Waals surface area contributed by atoms with Gasteiger partial charge in [-0.25, -0.2) is 0 Å². The van der Waals surface area contributed by atoms with Crippen LogP contribution in [0.3, 0.4) is 0 Å². The lowest BCUT2D eigenvalue weighted by Gasteiger charge is -2.57. The first kappa shape index (κ1) is 34.5. The number of hydrogen-bond donors (Lipinski definition) is 3. The molecule has 35 heavy (non-hydrogen) atoms. The topological polar surface area (TPSA) is 104 Å². The molecule has 0 aromatic carbocycles. The van der Waals surface area contributed by atoms with Gasteiger partial charge in [0.1, 0.15) is 6.61 Å². The maximum Gasteiger partial charge on any atom is 0.312 e. The van der Waals surface area contributed by atoms with Crippen LogP contribution in [0.25, 0.3) is 0 Å². The highest BCUT2D eigenvalue weighted by molar-refractivity contribution is 7.85. The Kier molecular flexibility index (Phi) is 11.7. The zero-order valence-corrected chi connectivity index (χ0v) is 25.7. The Morgan fingerprint density at radius 1 is 0.771 bits per heavy atom. The molecule has 0 saturated heterocycles. The van der Waals surface area contributed by atoms with E-state index >= 15 is 0 Å². The predicted molar refractivity (Wildman–Crippen MR) is 146 cm³/mol. The first-order valence-corrected chi connectivity index (χ1v) is 14.3. The fourth-order valence-corrected chi connectivity index (χ4v) is 6.34. The monoisotopic (exact) mass is 520 g/mol. The molecule has 3 N–H and O–H groups in total. The Morgan fingerprint density at radius 2 is 1.20 bits per heavy atom. The van der Waals surface area contributed by atoms with Crippen LogP contribution in [0.1, 0.15) is 103 Å². The van der Waals surface area contributed by atoms with Gasteiger partial charge in [-0.3, -0.25) is 9.00 Å². The zero-order chi connectivity index (χ0) is 28.3. The average Bonchev–Trinajstić information content (AvgIpc) is 2.62. The second kappa shape index (κ2) is 11.9. The van der Waals surface area contributed by atoms with E-state index in [9.17, 15) is 19.2 Å². The van der Waals surface area contributed by atoms with Crippen molar-refractivity contribution in [3.8, 4) is 0 Å². The summed E-state index contributed by atoms with van der Waals surface area (Å²) in [5.74, 6) is -0.631. The van der Waals surface area contributed by atoms with Crippen LogP contribution in [0.2, 0.25) is 0 Å². The van der Waals surface area contributed by atoms with E-state index in [1.165, 1.54) is 0 Å². The molecule has 0 aromatic heterocycles. The Balaban J connectivity index is 5.72. The Labute approximate surface area is 218 Å². The molecule has 0 rings (SSSR count). The molecule has 0 bridgehead atoms. The standard InChI is InChI=1S/C28H56O6S/c1-23(2,3)18-25(7,8)27(11,12)26(9,10)19-28(13,24(4,5)6)22(32)34-15-21(31)17-35(33)16-20(30)14-29/h20-21,29-31H,14-19H2,1-13H3. The van der Waals surface area contributed by atoms with Crippen molar-refractivity contribution in [3.05, 3.63) is 0 Å². The first-order chi connectivity index (χ1) is 15.3. The minimum Gasteiger partial charge on any atom is -0.462 e. The third kappa shape index (κ3) is 9.39. The van der Waals surface area contributed by atoms with Crippen LogP contribution in [0, 0.1) is 32.5 Å². The average molecular weight is 521 g/mol. The largest absolute Gasteiger partial charge is 0.462 e. The summed E-state index contributed by atoms with van der Waals surface area (Å²) < 4.78 is 17.7. The van der Waals surface area contributed by atoms with E-state index in [1.807, 2.05) is 27.7 Å². The minimum atomic E-state index is -1.53. The van der Waals surface area contributed by atoms with Crippen molar-refractivity contribution in [2.75, 3.05) is 24.7 Å². The SMILES string of the molecule is CC(C)(C)CC(C)(C)C(C)(C)C(C)(C)CC(C)(C(=O)OCC(O)CS(=O)CC(O)CO)C(C)(C)C. The van der Waals surface area contributed by atoms with Crippen LogP contribution in [0.5, 0.6) is 0 Å². The van der Waals surface area contributed by atoms with Crippen molar-refractivity contribution in [2.24, 2.45) is 32.5 Å². The first-order valence-electron chi connectivity index (χ1n) is 12.8. The number of ether oxygens (including phenoxy) is 1. The van der Waals surface area contributed by atoms with Gasteiger partial charge in [-0.1, -0.05) is 83.1 Å². The molecule has 0 saturated carbocycles. The van der Waals surface area contributed by atoms with Crippen molar-refractivity contribution in [1.29, 1.82) is 0 Å². The molecule has 210 valence electrons. The van der Waals surface area contributed by atoms with Gasteiger partial charge >= 0.3 is 5.97 Å². The Bertz CT molecular complexity index is 714. The van der Waals surface area contributed by atoms with Gasteiger partial charge in [0.15, 0.2) is 0 Å². The van der Waals surface area contributed by atoms with E-state index in [1.54, 1.807) is 0 Å². The predicted octanol–water partition coefficient (Wildman–Crippen LogP) is 4.95. The second-order valence-corrected chi connectivity index (χ2v) is 16.3. The van der Waals surface area contributed by atoms with Crippen LogP contribution >= 0.6 is 0 Å². The van der Waals surface area contributed by atoms with E-state index in [-0.39, 0.29) is 45.7 Å². The van der Waals surface area contributed by atoms with Crippen molar-refractivity contribution >= 4 is 16.8 Å². The van der Waals surface area contributed by atoms with Crippen LogP contribution < -0.4 is 0 Å². The van der Waals surface area contributed by atoms with Crippen LogP contribution in [-0.4, -0.2) is 62.4 Å². The third-order valence-corrected chi connectivity index (χ3v) is 10.1. The van der Waals surface area contributed by atoms with E-state index < -0.39 is 40.4 Å². The van der Waals surface area contributed by atoms with Crippen molar-refractivity contribution in [3.63, 3.8) is 0 Å². The molecule has 0 aromatic rings. The quantitative estimate of drug-likeness (QED) is 0.297. The van der Waals surface area contributed by atoms with E-state index in [2.05, 4.69) is 62.3 Å². The summed E-state index contributed by atoms with van der Waals surface area (Å²) in [5, 5.41) is 28.6. The van der Waals surface area contributed by atoms with Gasteiger partial charge in [-0.05, 0) is 46.8 Å². The third-order valence-electron chi connectivity index (χ3n) is 8.63. The maximum atomic E-state index is 13.5. The highest BCUT2D eigenvalue weighted by Crippen LogP contribution is 2.60. The molecule has 7 heteroatoms. The summed E-state index contributed by atoms with van der Waals surface area (Å²) in [6, 6.07) is 0. The number of carbonyl (C=O) groups excluding carboxylic acids is 1.